The fourth-order valence-corrected chi connectivity index (χ4v) is 8.54. The molecule has 2 N–H and O–H groups in total. The molecule has 1 aliphatic rings. The number of nitrogens with zero attached hydrogens (tertiary/aromatic N) is 3. The molecule has 3 rings (SSSR count). The van der Waals surface area contributed by atoms with E-state index < -0.39 is 24.0 Å². The molecule has 2 amide bonds. The summed E-state index contributed by atoms with van der Waals surface area (Å²) < 4.78 is 6.03. The SMILES string of the molecule is CC[C@H](C)C([C@@H](CC(=O)N1CCC[C@H]1[C@H](CO)[C@@H](C)C(=O)CCCc1nccc2ccccc12)OC)N(C)C(=O)[C@@H](CC(=O)[C@@H](NC)C(C)C)C(C)C. The summed E-state index contributed by atoms with van der Waals surface area (Å²) in [4.78, 5) is 63.3. The highest BCUT2D eigenvalue weighted by Crippen LogP contribution is 2.33. The molecular formula is C43H68N4O6. The van der Waals surface area contributed by atoms with Gasteiger partial charge in [0.05, 0.1) is 24.6 Å². The fraction of sp³-hybridized carbons (Fsp3) is 0.698. The van der Waals surface area contributed by atoms with Crippen LogP contribution in [0.25, 0.3) is 10.8 Å². The number of methoxy groups -OCH3 is 1. The number of carbonyl (C=O) groups is 4. The zero-order valence-electron chi connectivity index (χ0n) is 34.1. The topological polar surface area (TPSA) is 129 Å². The van der Waals surface area contributed by atoms with E-state index in [-0.39, 0.29) is 78.6 Å². The molecular weight excluding hydrogens is 668 g/mol. The van der Waals surface area contributed by atoms with Crippen molar-refractivity contribution in [2.45, 2.75) is 124 Å². The molecule has 1 unspecified atom stereocenters. The average molecular weight is 737 g/mol. The first-order chi connectivity index (χ1) is 25.2. The third-order valence-corrected chi connectivity index (χ3v) is 12.0. The van der Waals surface area contributed by atoms with Crippen LogP contribution in [0.4, 0.5) is 0 Å². The van der Waals surface area contributed by atoms with Crippen molar-refractivity contribution in [3.8, 4) is 0 Å². The van der Waals surface area contributed by atoms with Gasteiger partial charge in [0.1, 0.15) is 5.78 Å². The van der Waals surface area contributed by atoms with Crippen molar-refractivity contribution in [3.63, 3.8) is 0 Å². The number of likely N-dealkylation sites (tertiary alicyclic amines) is 1. The van der Waals surface area contributed by atoms with Gasteiger partial charge in [0.25, 0.3) is 0 Å². The van der Waals surface area contributed by atoms with Gasteiger partial charge < -0.3 is 25.0 Å². The lowest BCUT2D eigenvalue weighted by Gasteiger charge is -2.41. The molecule has 0 bridgehead atoms. The van der Waals surface area contributed by atoms with Gasteiger partial charge in [0.15, 0.2) is 5.78 Å². The predicted octanol–water partition coefficient (Wildman–Crippen LogP) is 6.12. The maximum absolute atomic E-state index is 14.2. The van der Waals surface area contributed by atoms with Crippen LogP contribution in [-0.4, -0.2) is 102 Å². The second kappa shape index (κ2) is 21.0. The molecule has 1 saturated heterocycles. The van der Waals surface area contributed by atoms with E-state index in [4.69, 9.17) is 4.74 Å². The van der Waals surface area contributed by atoms with Crippen LogP contribution in [0, 0.1) is 35.5 Å². The van der Waals surface area contributed by atoms with Crippen LogP contribution >= 0.6 is 0 Å². The number of carbonyl (C=O) groups excluding carboxylic acids is 4. The summed E-state index contributed by atoms with van der Waals surface area (Å²) >= 11 is 0. The Morgan fingerprint density at radius 3 is 2.32 bits per heavy atom. The summed E-state index contributed by atoms with van der Waals surface area (Å²) in [7, 11) is 5.14. The minimum Gasteiger partial charge on any atom is -0.396 e. The minimum absolute atomic E-state index is 0.0206. The number of benzene rings is 1. The van der Waals surface area contributed by atoms with E-state index in [0.29, 0.717) is 32.2 Å². The molecule has 1 aromatic heterocycles. The number of Topliss-reactive ketones (excluding diaryl/α,β-unsaturated/α-hetero) is 2. The highest BCUT2D eigenvalue weighted by atomic mass is 16.5. The van der Waals surface area contributed by atoms with E-state index in [0.717, 1.165) is 29.3 Å². The van der Waals surface area contributed by atoms with E-state index in [1.807, 2.05) is 63.9 Å². The summed E-state index contributed by atoms with van der Waals surface area (Å²) in [6.07, 6.45) is 5.44. The average Bonchev–Trinajstić information content (AvgIpc) is 3.63. The van der Waals surface area contributed by atoms with Crippen molar-refractivity contribution in [3.05, 3.63) is 42.2 Å². The van der Waals surface area contributed by atoms with Gasteiger partial charge in [-0.15, -0.1) is 0 Å². The molecule has 0 spiro atoms. The number of ketones is 2. The Balaban J connectivity index is 1.72. The van der Waals surface area contributed by atoms with E-state index >= 15 is 0 Å². The number of hydrogen-bond acceptors (Lipinski definition) is 8. The van der Waals surface area contributed by atoms with Crippen LogP contribution in [0.2, 0.25) is 0 Å². The van der Waals surface area contributed by atoms with Crippen LogP contribution < -0.4 is 5.32 Å². The normalized spacial score (nSPS) is 18.8. The summed E-state index contributed by atoms with van der Waals surface area (Å²) in [6.45, 7) is 14.3. The molecule has 10 nitrogen and oxygen atoms in total. The molecule has 0 radical (unpaired) electrons. The molecule has 1 aliphatic heterocycles. The Morgan fingerprint density at radius 1 is 1.02 bits per heavy atom. The van der Waals surface area contributed by atoms with Crippen molar-refractivity contribution < 1.29 is 29.0 Å². The van der Waals surface area contributed by atoms with Gasteiger partial charge in [-0.2, -0.15) is 0 Å². The van der Waals surface area contributed by atoms with Crippen molar-refractivity contribution in [2.24, 2.45) is 35.5 Å². The van der Waals surface area contributed by atoms with Gasteiger partial charge >= 0.3 is 0 Å². The molecule has 1 aromatic carbocycles. The molecule has 0 aliphatic carbocycles. The van der Waals surface area contributed by atoms with E-state index in [1.54, 1.807) is 26.1 Å². The van der Waals surface area contributed by atoms with Gasteiger partial charge in [0.2, 0.25) is 11.8 Å². The maximum atomic E-state index is 14.2. The lowest BCUT2D eigenvalue weighted by Crippen LogP contribution is -2.54. The number of pyridine rings is 1. The molecule has 2 heterocycles. The zero-order chi connectivity index (χ0) is 39.4. The Bertz CT molecular complexity index is 1490. The monoisotopic (exact) mass is 737 g/mol. The van der Waals surface area contributed by atoms with Crippen LogP contribution in [0.1, 0.15) is 99.1 Å². The van der Waals surface area contributed by atoms with Crippen molar-refractivity contribution >= 4 is 34.2 Å². The zero-order valence-corrected chi connectivity index (χ0v) is 34.1. The summed E-state index contributed by atoms with van der Waals surface area (Å²) in [5.41, 5.74) is 0.979. The van der Waals surface area contributed by atoms with Crippen molar-refractivity contribution in [2.75, 3.05) is 34.4 Å². The van der Waals surface area contributed by atoms with E-state index in [9.17, 15) is 24.3 Å². The smallest absolute Gasteiger partial charge is 0.226 e. The number of aryl methyl sites for hydroxylation is 1. The fourth-order valence-electron chi connectivity index (χ4n) is 8.54. The van der Waals surface area contributed by atoms with Crippen LogP contribution in [-0.2, 0) is 30.3 Å². The predicted molar refractivity (Wildman–Crippen MR) is 211 cm³/mol. The lowest BCUT2D eigenvalue weighted by molar-refractivity contribution is -0.148. The van der Waals surface area contributed by atoms with Gasteiger partial charge in [-0.1, -0.05) is 79.2 Å². The quantitative estimate of drug-likeness (QED) is 0.148. The number of nitrogens with one attached hydrogen (secondary N) is 1. The number of aliphatic hydroxyl groups is 1. The summed E-state index contributed by atoms with van der Waals surface area (Å²) in [5, 5.41) is 16.0. The molecule has 53 heavy (non-hydrogen) atoms. The van der Waals surface area contributed by atoms with Crippen LogP contribution in [0.15, 0.2) is 36.5 Å². The van der Waals surface area contributed by atoms with Gasteiger partial charge in [0, 0.05) is 81.2 Å². The lowest BCUT2D eigenvalue weighted by atomic mass is 9.82. The van der Waals surface area contributed by atoms with E-state index in [1.165, 1.54) is 0 Å². The highest BCUT2D eigenvalue weighted by molar-refractivity contribution is 5.90. The van der Waals surface area contributed by atoms with Crippen molar-refractivity contribution in [1.82, 2.24) is 20.1 Å². The number of rotatable bonds is 22. The molecule has 1 fully saturated rings. The third-order valence-electron chi connectivity index (χ3n) is 12.0. The standard InChI is InChI=1S/C43H68N4O6/c1-11-29(6)42(46(9)43(52)33(27(2)3)24-38(50)41(44-8)28(4)5)39(53-10)25-40(51)47-23-15-19-36(47)34(26-48)30(7)37(49)20-14-18-35-32-17-13-12-16-31(32)21-22-45-35/h12-13,16-17,21-22,27-30,33-34,36,39,41-42,44,48H,11,14-15,18-20,23-26H2,1-10H3/t29-,30+,33-,34+,36-,39+,41-,42?/m0/s1. The van der Waals surface area contributed by atoms with Crippen molar-refractivity contribution in [1.29, 1.82) is 0 Å². The number of amides is 2. The molecule has 10 heteroatoms. The molecule has 296 valence electrons. The Kier molecular flexibility index (Phi) is 17.5. The first-order valence-corrected chi connectivity index (χ1v) is 20.0. The van der Waals surface area contributed by atoms with E-state index in [2.05, 4.69) is 36.3 Å². The Labute approximate surface area is 318 Å². The first-order valence-electron chi connectivity index (χ1n) is 20.0. The highest BCUT2D eigenvalue weighted by Gasteiger charge is 2.42. The second-order valence-electron chi connectivity index (χ2n) is 16.1. The van der Waals surface area contributed by atoms with Crippen LogP contribution in [0.3, 0.4) is 0 Å². The Hall–Kier alpha value is -3.21. The largest absolute Gasteiger partial charge is 0.396 e. The number of hydrogen-bond donors (Lipinski definition) is 2. The molecule has 8 atom stereocenters. The third kappa shape index (κ3) is 11.2. The molecule has 0 saturated carbocycles. The first kappa shape index (κ1) is 44.2. The van der Waals surface area contributed by atoms with Gasteiger partial charge in [-0.3, -0.25) is 24.2 Å². The number of aliphatic hydroxyl groups excluding tert-OH is 1. The number of aromatic nitrogens is 1. The van der Waals surface area contributed by atoms with Crippen LogP contribution in [0.5, 0.6) is 0 Å². The number of likely N-dealkylation sites (N-methyl/N-ethyl adjacent to an activating group) is 2. The summed E-state index contributed by atoms with van der Waals surface area (Å²) in [5.74, 6) is -1.34. The Morgan fingerprint density at radius 2 is 1.72 bits per heavy atom. The second-order valence-corrected chi connectivity index (χ2v) is 16.1. The summed E-state index contributed by atoms with van der Waals surface area (Å²) in [6, 6.07) is 9.13. The molecule has 2 aromatic rings. The number of ether oxygens (including phenoxy) is 1. The minimum atomic E-state index is -0.578. The van der Waals surface area contributed by atoms with Gasteiger partial charge in [-0.25, -0.2) is 0 Å². The van der Waals surface area contributed by atoms with Gasteiger partial charge in [-0.05, 0) is 61.9 Å². The maximum Gasteiger partial charge on any atom is 0.226 e. The number of fused-ring (bicyclic) bond motifs is 1.